The van der Waals surface area contributed by atoms with Gasteiger partial charge in [-0.05, 0) is 19.1 Å². The summed E-state index contributed by atoms with van der Waals surface area (Å²) in [7, 11) is -1.19. The van der Waals surface area contributed by atoms with Gasteiger partial charge in [-0.3, -0.25) is 4.79 Å². The predicted molar refractivity (Wildman–Crippen MR) is 90.6 cm³/mol. The second-order valence-electron chi connectivity index (χ2n) is 5.72. The summed E-state index contributed by atoms with van der Waals surface area (Å²) in [5.74, 6) is 0.524. The first-order valence-corrected chi connectivity index (χ1v) is 10.00. The van der Waals surface area contributed by atoms with Crippen LogP contribution in [0.25, 0.3) is 0 Å². The minimum absolute atomic E-state index is 0.0399. The Morgan fingerprint density at radius 2 is 2.04 bits per heavy atom. The first-order chi connectivity index (χ1) is 10.9. The Hall–Kier alpha value is -1.54. The second kappa shape index (κ2) is 6.16. The van der Waals surface area contributed by atoms with Crippen molar-refractivity contribution in [2.45, 2.75) is 24.3 Å². The molecule has 124 valence electrons. The molecule has 1 aromatic rings. The number of sulfone groups is 1. The summed E-state index contributed by atoms with van der Waals surface area (Å²) in [4.78, 5) is 18.2. The number of amidine groups is 1. The SMILES string of the molecule is C[C@H](Oc1ccccc1)C(=O)N=C1S[C@@H]2CS(=O)(=O)C[C@H]2N1C. The Morgan fingerprint density at radius 3 is 2.70 bits per heavy atom. The van der Waals surface area contributed by atoms with Gasteiger partial charge in [-0.2, -0.15) is 4.99 Å². The third-order valence-corrected chi connectivity index (χ3v) is 7.24. The third kappa shape index (κ3) is 3.53. The van der Waals surface area contributed by atoms with Crippen LogP contribution in [-0.4, -0.2) is 60.3 Å². The molecule has 0 saturated carbocycles. The van der Waals surface area contributed by atoms with Gasteiger partial charge in [0.25, 0.3) is 5.91 Å². The van der Waals surface area contributed by atoms with E-state index in [1.165, 1.54) is 11.8 Å². The summed E-state index contributed by atoms with van der Waals surface area (Å²) in [6.45, 7) is 1.66. The number of amides is 1. The quantitative estimate of drug-likeness (QED) is 0.811. The number of thioether (sulfide) groups is 1. The number of para-hydroxylation sites is 1. The van der Waals surface area contributed by atoms with Crippen molar-refractivity contribution in [3.8, 4) is 5.75 Å². The number of nitrogens with zero attached hydrogens (tertiary/aromatic N) is 2. The zero-order chi connectivity index (χ0) is 16.6. The molecule has 1 aromatic carbocycles. The molecule has 0 aromatic heterocycles. The van der Waals surface area contributed by atoms with Crippen LogP contribution in [0.3, 0.4) is 0 Å². The van der Waals surface area contributed by atoms with Crippen LogP contribution >= 0.6 is 11.8 Å². The van der Waals surface area contributed by atoms with Crippen LogP contribution < -0.4 is 4.74 Å². The third-order valence-electron chi connectivity index (χ3n) is 3.94. The molecule has 0 spiro atoms. The van der Waals surface area contributed by atoms with Crippen LogP contribution in [0.2, 0.25) is 0 Å². The lowest BCUT2D eigenvalue weighted by Crippen LogP contribution is -2.34. The van der Waals surface area contributed by atoms with Crippen molar-refractivity contribution >= 4 is 32.7 Å². The van der Waals surface area contributed by atoms with Crippen LogP contribution in [0.4, 0.5) is 0 Å². The fourth-order valence-corrected chi connectivity index (χ4v) is 6.68. The van der Waals surface area contributed by atoms with Gasteiger partial charge in [0.15, 0.2) is 21.1 Å². The average molecular weight is 354 g/mol. The molecule has 0 radical (unpaired) electrons. The highest BCUT2D eigenvalue weighted by Gasteiger charge is 2.47. The lowest BCUT2D eigenvalue weighted by molar-refractivity contribution is -0.123. The van der Waals surface area contributed by atoms with E-state index in [2.05, 4.69) is 4.99 Å². The van der Waals surface area contributed by atoms with E-state index in [1.807, 2.05) is 18.2 Å². The zero-order valence-electron chi connectivity index (χ0n) is 12.9. The van der Waals surface area contributed by atoms with Gasteiger partial charge >= 0.3 is 0 Å². The van der Waals surface area contributed by atoms with Crippen molar-refractivity contribution in [1.29, 1.82) is 0 Å². The monoisotopic (exact) mass is 354 g/mol. The topological polar surface area (TPSA) is 76.0 Å². The van der Waals surface area contributed by atoms with Crippen molar-refractivity contribution in [2.75, 3.05) is 18.6 Å². The van der Waals surface area contributed by atoms with Gasteiger partial charge in [-0.1, -0.05) is 30.0 Å². The Morgan fingerprint density at radius 1 is 1.35 bits per heavy atom. The van der Waals surface area contributed by atoms with E-state index >= 15 is 0 Å². The molecule has 0 unspecified atom stereocenters. The van der Waals surface area contributed by atoms with E-state index in [-0.39, 0.29) is 28.7 Å². The molecule has 2 aliphatic heterocycles. The number of carbonyl (C=O) groups is 1. The number of rotatable bonds is 3. The molecule has 0 N–H and O–H groups in total. The fraction of sp³-hybridized carbons (Fsp3) is 0.467. The number of fused-ring (bicyclic) bond motifs is 1. The van der Waals surface area contributed by atoms with Crippen molar-refractivity contribution in [3.63, 3.8) is 0 Å². The Balaban J connectivity index is 1.67. The molecule has 23 heavy (non-hydrogen) atoms. The van der Waals surface area contributed by atoms with E-state index in [4.69, 9.17) is 4.74 Å². The Kier molecular flexibility index (Phi) is 4.37. The molecule has 8 heteroatoms. The highest BCUT2D eigenvalue weighted by Crippen LogP contribution is 2.37. The molecule has 0 bridgehead atoms. The summed E-state index contributed by atoms with van der Waals surface area (Å²) < 4.78 is 28.9. The minimum atomic E-state index is -2.97. The Bertz CT molecular complexity index is 733. The predicted octanol–water partition coefficient (Wildman–Crippen LogP) is 1.18. The van der Waals surface area contributed by atoms with Gasteiger partial charge in [0.1, 0.15) is 5.75 Å². The Labute approximate surface area is 139 Å². The number of hydrogen-bond acceptors (Lipinski definition) is 5. The van der Waals surface area contributed by atoms with Crippen molar-refractivity contribution in [2.24, 2.45) is 4.99 Å². The van der Waals surface area contributed by atoms with Crippen molar-refractivity contribution < 1.29 is 17.9 Å². The van der Waals surface area contributed by atoms with Gasteiger partial charge in [-0.15, -0.1) is 0 Å². The minimum Gasteiger partial charge on any atom is -0.481 e. The highest BCUT2D eigenvalue weighted by molar-refractivity contribution is 8.15. The maximum absolute atomic E-state index is 12.2. The molecule has 3 atom stereocenters. The summed E-state index contributed by atoms with van der Waals surface area (Å²) in [5.41, 5.74) is 0. The molecule has 0 aliphatic carbocycles. The summed E-state index contributed by atoms with van der Waals surface area (Å²) in [5, 5.41) is 0.533. The number of ether oxygens (including phenoxy) is 1. The molecule has 2 saturated heterocycles. The second-order valence-corrected chi connectivity index (χ2v) is 9.08. The molecule has 3 rings (SSSR count). The lowest BCUT2D eigenvalue weighted by atomic mass is 10.2. The number of aliphatic imine (C=N–C) groups is 1. The summed E-state index contributed by atoms with van der Waals surface area (Å²) in [6, 6.07) is 9.00. The summed E-state index contributed by atoms with van der Waals surface area (Å²) in [6.07, 6.45) is -0.692. The van der Waals surface area contributed by atoms with Gasteiger partial charge in [0.2, 0.25) is 0 Å². The molecule has 1 amide bonds. The maximum atomic E-state index is 12.2. The van der Waals surface area contributed by atoms with Gasteiger partial charge < -0.3 is 9.64 Å². The van der Waals surface area contributed by atoms with Gasteiger partial charge in [-0.25, -0.2) is 8.42 Å². The first kappa shape index (κ1) is 16.3. The number of benzene rings is 1. The van der Waals surface area contributed by atoms with E-state index in [9.17, 15) is 13.2 Å². The zero-order valence-corrected chi connectivity index (χ0v) is 14.5. The van der Waals surface area contributed by atoms with Crippen LogP contribution in [0.15, 0.2) is 35.3 Å². The largest absolute Gasteiger partial charge is 0.481 e. The van der Waals surface area contributed by atoms with Crippen molar-refractivity contribution in [1.82, 2.24) is 4.90 Å². The normalized spacial score (nSPS) is 28.6. The molecule has 2 heterocycles. The van der Waals surface area contributed by atoms with E-state index in [0.717, 1.165) is 0 Å². The van der Waals surface area contributed by atoms with E-state index < -0.39 is 15.9 Å². The van der Waals surface area contributed by atoms with Gasteiger partial charge in [0.05, 0.1) is 17.5 Å². The number of carbonyl (C=O) groups excluding carboxylic acids is 1. The van der Waals surface area contributed by atoms with Gasteiger partial charge in [0, 0.05) is 12.3 Å². The van der Waals surface area contributed by atoms with Crippen molar-refractivity contribution in [3.05, 3.63) is 30.3 Å². The molecule has 2 aliphatic rings. The molecular formula is C15H18N2O4S2. The maximum Gasteiger partial charge on any atom is 0.288 e. The van der Waals surface area contributed by atoms with Crippen LogP contribution in [0.5, 0.6) is 5.75 Å². The fourth-order valence-electron chi connectivity index (χ4n) is 2.68. The van der Waals surface area contributed by atoms with Crippen LogP contribution in [0.1, 0.15) is 6.92 Å². The highest BCUT2D eigenvalue weighted by atomic mass is 32.2. The average Bonchev–Trinajstić information content (AvgIpc) is 2.94. The smallest absolute Gasteiger partial charge is 0.288 e. The van der Waals surface area contributed by atoms with E-state index in [1.54, 1.807) is 31.0 Å². The van der Waals surface area contributed by atoms with Crippen LogP contribution in [0, 0.1) is 0 Å². The molecule has 6 nitrogen and oxygen atoms in total. The molecule has 2 fully saturated rings. The number of hydrogen-bond donors (Lipinski definition) is 0. The van der Waals surface area contributed by atoms with Crippen LogP contribution in [-0.2, 0) is 14.6 Å². The first-order valence-electron chi connectivity index (χ1n) is 7.30. The lowest BCUT2D eigenvalue weighted by Gasteiger charge is -2.18. The summed E-state index contributed by atoms with van der Waals surface area (Å²) >= 11 is 1.36. The standard InChI is InChI=1S/C15H18N2O4S2/c1-10(21-11-6-4-3-5-7-11)14(18)16-15-17(2)12-8-23(19,20)9-13(12)22-15/h3-7,10,12-13H,8-9H2,1-2H3/t10-,12+,13+/m0/s1. The van der Waals surface area contributed by atoms with E-state index in [0.29, 0.717) is 10.9 Å². The molecular weight excluding hydrogens is 336 g/mol.